The van der Waals surface area contributed by atoms with Gasteiger partial charge in [-0.3, -0.25) is 19.6 Å². The molecule has 2 atom stereocenters. The molecule has 0 aromatic heterocycles. The summed E-state index contributed by atoms with van der Waals surface area (Å²) in [6.07, 6.45) is -1.29. The predicted molar refractivity (Wildman–Crippen MR) is 121 cm³/mol. The van der Waals surface area contributed by atoms with Gasteiger partial charge in [0.2, 0.25) is 5.91 Å². The molecule has 3 fully saturated rings. The van der Waals surface area contributed by atoms with Crippen molar-refractivity contribution < 1.29 is 18.0 Å². The third-order valence-corrected chi connectivity index (χ3v) is 6.16. The summed E-state index contributed by atoms with van der Waals surface area (Å²) in [5.41, 5.74) is 0. The van der Waals surface area contributed by atoms with Crippen molar-refractivity contribution >= 4 is 35.8 Å². The van der Waals surface area contributed by atoms with Gasteiger partial charge in [0.15, 0.2) is 5.96 Å². The van der Waals surface area contributed by atoms with Crippen molar-refractivity contribution in [1.29, 1.82) is 0 Å². The van der Waals surface area contributed by atoms with Crippen LogP contribution in [0.4, 0.5) is 13.2 Å². The molecule has 3 heterocycles. The Kier molecular flexibility index (Phi) is 9.47. The Labute approximate surface area is 194 Å². The molecule has 2 unspecified atom stereocenters. The maximum Gasteiger partial charge on any atom is 0.401 e. The van der Waals surface area contributed by atoms with Crippen molar-refractivity contribution in [2.75, 3.05) is 66.0 Å². The molecule has 1 amide bonds. The molecule has 0 bridgehead atoms. The van der Waals surface area contributed by atoms with Crippen molar-refractivity contribution in [3.05, 3.63) is 0 Å². The number of alkyl halides is 3. The van der Waals surface area contributed by atoms with Gasteiger partial charge in [-0.25, -0.2) is 0 Å². The molecule has 0 aromatic rings. The summed E-state index contributed by atoms with van der Waals surface area (Å²) >= 11 is 0. The summed E-state index contributed by atoms with van der Waals surface area (Å²) in [5, 5.41) is 3.34. The molecule has 30 heavy (non-hydrogen) atoms. The van der Waals surface area contributed by atoms with Crippen LogP contribution in [0.1, 0.15) is 26.2 Å². The average molecular weight is 546 g/mol. The van der Waals surface area contributed by atoms with Gasteiger partial charge in [-0.05, 0) is 26.2 Å². The van der Waals surface area contributed by atoms with E-state index in [1.165, 1.54) is 4.90 Å². The number of likely N-dealkylation sites (tertiary alicyclic amines) is 2. The highest BCUT2D eigenvalue weighted by atomic mass is 127. The van der Waals surface area contributed by atoms with Crippen LogP contribution in [0.2, 0.25) is 0 Å². The van der Waals surface area contributed by atoms with Crippen LogP contribution in [0, 0.1) is 0 Å². The van der Waals surface area contributed by atoms with Gasteiger partial charge in [-0.1, -0.05) is 0 Å². The second kappa shape index (κ2) is 11.2. The first kappa shape index (κ1) is 25.4. The van der Waals surface area contributed by atoms with Crippen LogP contribution in [0.25, 0.3) is 0 Å². The molecule has 0 spiro atoms. The lowest BCUT2D eigenvalue weighted by molar-refractivity contribution is -0.143. The van der Waals surface area contributed by atoms with E-state index in [-0.39, 0.29) is 42.0 Å². The average Bonchev–Trinajstić information content (AvgIpc) is 3.36. The summed E-state index contributed by atoms with van der Waals surface area (Å²) in [6.45, 7) is 6.71. The Balaban J connectivity index is 0.00000320. The fourth-order valence-electron chi connectivity index (χ4n) is 4.51. The molecular formula is C19H34F3IN6O. The van der Waals surface area contributed by atoms with Crippen LogP contribution in [0.5, 0.6) is 0 Å². The minimum absolute atomic E-state index is 0. The zero-order valence-electron chi connectivity index (χ0n) is 17.8. The third kappa shape index (κ3) is 6.84. The van der Waals surface area contributed by atoms with Crippen LogP contribution in [-0.2, 0) is 4.79 Å². The molecule has 3 saturated heterocycles. The second-order valence-electron chi connectivity index (χ2n) is 8.26. The van der Waals surface area contributed by atoms with Crippen molar-refractivity contribution in [1.82, 2.24) is 24.9 Å². The zero-order valence-corrected chi connectivity index (χ0v) is 20.2. The molecule has 0 aliphatic carbocycles. The monoisotopic (exact) mass is 546 g/mol. The molecule has 1 N–H and O–H groups in total. The molecule has 174 valence electrons. The molecule has 11 heteroatoms. The van der Waals surface area contributed by atoms with E-state index in [4.69, 9.17) is 0 Å². The summed E-state index contributed by atoms with van der Waals surface area (Å²) < 4.78 is 37.8. The molecule has 0 radical (unpaired) electrons. The van der Waals surface area contributed by atoms with E-state index in [1.807, 2.05) is 11.8 Å². The minimum atomic E-state index is -4.16. The first-order chi connectivity index (χ1) is 13.8. The summed E-state index contributed by atoms with van der Waals surface area (Å²) in [6, 6.07) is -0.138. The first-order valence-corrected chi connectivity index (χ1v) is 10.6. The van der Waals surface area contributed by atoms with Crippen LogP contribution >= 0.6 is 24.0 Å². The van der Waals surface area contributed by atoms with Crippen molar-refractivity contribution in [2.45, 2.75) is 44.4 Å². The topological polar surface area (TPSA) is 54.4 Å². The zero-order chi connectivity index (χ0) is 21.0. The number of nitrogens with zero attached hydrogens (tertiary/aromatic N) is 5. The lowest BCUT2D eigenvalue weighted by Gasteiger charge is -2.40. The Hall–Kier alpha value is -0.820. The number of aliphatic imine (C=N–C) groups is 1. The highest BCUT2D eigenvalue weighted by Gasteiger charge is 2.35. The number of hydrogen-bond acceptors (Lipinski definition) is 4. The van der Waals surface area contributed by atoms with Gasteiger partial charge in [0, 0.05) is 65.4 Å². The van der Waals surface area contributed by atoms with Gasteiger partial charge in [-0.15, -0.1) is 24.0 Å². The Bertz CT molecular complexity index is 591. The first-order valence-electron chi connectivity index (χ1n) is 10.6. The number of piperazine rings is 1. The van der Waals surface area contributed by atoms with Gasteiger partial charge in [0.05, 0.1) is 12.6 Å². The van der Waals surface area contributed by atoms with E-state index >= 15 is 0 Å². The summed E-state index contributed by atoms with van der Waals surface area (Å²) in [5.74, 6) is 0.955. The van der Waals surface area contributed by atoms with Crippen LogP contribution < -0.4 is 5.32 Å². The van der Waals surface area contributed by atoms with Gasteiger partial charge in [0.25, 0.3) is 0 Å². The molecular weight excluding hydrogens is 512 g/mol. The van der Waals surface area contributed by atoms with Gasteiger partial charge < -0.3 is 15.1 Å². The summed E-state index contributed by atoms with van der Waals surface area (Å²) in [4.78, 5) is 24.7. The molecule has 3 rings (SSSR count). The molecule has 3 aliphatic rings. The number of hydrogen-bond donors (Lipinski definition) is 1. The molecule has 0 saturated carbocycles. The van der Waals surface area contributed by atoms with E-state index < -0.39 is 12.7 Å². The maximum atomic E-state index is 12.6. The number of carbonyl (C=O) groups is 1. The Morgan fingerprint density at radius 1 is 1.07 bits per heavy atom. The van der Waals surface area contributed by atoms with E-state index in [0.29, 0.717) is 19.5 Å². The van der Waals surface area contributed by atoms with Crippen molar-refractivity contribution in [3.63, 3.8) is 0 Å². The predicted octanol–water partition coefficient (Wildman–Crippen LogP) is 1.44. The molecule has 0 aromatic carbocycles. The van der Waals surface area contributed by atoms with Crippen molar-refractivity contribution in [2.24, 2.45) is 4.99 Å². The standard InChI is InChI=1S/C19H33F3N6O.HI/c1-15(17(29)27-6-3-4-7-27)26-9-11-28(12-10-26)18(23-2)24-16-5-8-25(13-16)14-19(20,21)22;/h15-16H,3-14H2,1-2H3,(H,23,24);1H. The number of carbonyl (C=O) groups excluding carboxylic acids is 1. The highest BCUT2D eigenvalue weighted by Crippen LogP contribution is 2.20. The number of amides is 1. The number of halogens is 4. The van der Waals surface area contributed by atoms with Gasteiger partial charge in [0.1, 0.15) is 0 Å². The largest absolute Gasteiger partial charge is 0.401 e. The minimum Gasteiger partial charge on any atom is -0.352 e. The van der Waals surface area contributed by atoms with E-state index in [1.54, 1.807) is 7.05 Å². The smallest absolute Gasteiger partial charge is 0.352 e. The van der Waals surface area contributed by atoms with E-state index in [0.717, 1.165) is 58.1 Å². The van der Waals surface area contributed by atoms with Crippen LogP contribution in [0.3, 0.4) is 0 Å². The lowest BCUT2D eigenvalue weighted by Crippen LogP contribution is -2.58. The van der Waals surface area contributed by atoms with E-state index in [9.17, 15) is 18.0 Å². The highest BCUT2D eigenvalue weighted by molar-refractivity contribution is 14.0. The van der Waals surface area contributed by atoms with Crippen LogP contribution in [0.15, 0.2) is 4.99 Å². The normalized spacial score (nSPS) is 25.4. The maximum absolute atomic E-state index is 12.6. The quantitative estimate of drug-likeness (QED) is 0.329. The lowest BCUT2D eigenvalue weighted by atomic mass is 10.2. The second-order valence-corrected chi connectivity index (χ2v) is 8.26. The van der Waals surface area contributed by atoms with Gasteiger partial charge in [-0.2, -0.15) is 13.2 Å². The summed E-state index contributed by atoms with van der Waals surface area (Å²) in [7, 11) is 1.71. The Morgan fingerprint density at radius 3 is 2.27 bits per heavy atom. The third-order valence-electron chi connectivity index (χ3n) is 6.16. The van der Waals surface area contributed by atoms with E-state index in [2.05, 4.69) is 20.1 Å². The number of guanidine groups is 1. The van der Waals surface area contributed by atoms with Crippen molar-refractivity contribution in [3.8, 4) is 0 Å². The molecule has 7 nitrogen and oxygen atoms in total. The SMILES string of the molecule is CN=C(NC1CCN(CC(F)(F)F)C1)N1CCN(C(C)C(=O)N2CCCC2)CC1.I. The number of nitrogens with one attached hydrogen (secondary N) is 1. The Morgan fingerprint density at radius 2 is 1.70 bits per heavy atom. The van der Waals surface area contributed by atoms with Gasteiger partial charge >= 0.3 is 6.18 Å². The van der Waals surface area contributed by atoms with Crippen LogP contribution in [-0.4, -0.2) is 116 Å². The fourth-order valence-corrected chi connectivity index (χ4v) is 4.51. The number of rotatable bonds is 4. The fraction of sp³-hybridized carbons (Fsp3) is 0.895. The molecule has 3 aliphatic heterocycles.